The molecule has 2 heterocycles. The quantitative estimate of drug-likeness (QED) is 0.371. The Morgan fingerprint density at radius 2 is 2.29 bits per heavy atom. The Kier molecular flexibility index (Phi) is 7.82. The van der Waals surface area contributed by atoms with E-state index < -0.39 is 29.8 Å². The molecule has 2 rings (SSSR count). The third kappa shape index (κ3) is 5.46. The van der Waals surface area contributed by atoms with Crippen LogP contribution in [0.15, 0.2) is 18.3 Å². The highest BCUT2D eigenvalue weighted by Crippen LogP contribution is 2.23. The minimum absolute atomic E-state index is 0.0793. The van der Waals surface area contributed by atoms with Crippen molar-refractivity contribution in [3.05, 3.63) is 24.1 Å². The molecule has 1 aromatic heterocycles. The van der Waals surface area contributed by atoms with E-state index in [-0.39, 0.29) is 31.4 Å². The Labute approximate surface area is 162 Å². The maximum absolute atomic E-state index is 13.0. The fourth-order valence-corrected chi connectivity index (χ4v) is 3.07. The molecule has 0 bridgehead atoms. The number of aromatic nitrogens is 1. The van der Waals surface area contributed by atoms with E-state index in [1.807, 2.05) is 6.92 Å². The van der Waals surface area contributed by atoms with Crippen molar-refractivity contribution in [2.24, 2.45) is 5.92 Å². The summed E-state index contributed by atoms with van der Waals surface area (Å²) in [4.78, 5) is 41.5. The van der Waals surface area contributed by atoms with Crippen molar-refractivity contribution in [1.82, 2.24) is 14.9 Å². The first-order valence-corrected chi connectivity index (χ1v) is 9.12. The van der Waals surface area contributed by atoms with Gasteiger partial charge < -0.3 is 15.0 Å². The number of pyridine rings is 1. The summed E-state index contributed by atoms with van der Waals surface area (Å²) in [6.07, 6.45) is 2.67. The lowest BCUT2D eigenvalue weighted by molar-refractivity contribution is -0.158. The lowest BCUT2D eigenvalue weighted by atomic mass is 9.99. The van der Waals surface area contributed by atoms with Gasteiger partial charge in [0.05, 0.1) is 24.8 Å². The van der Waals surface area contributed by atoms with E-state index in [2.05, 4.69) is 10.3 Å². The van der Waals surface area contributed by atoms with Gasteiger partial charge in [-0.2, -0.15) is 0 Å². The van der Waals surface area contributed by atoms with Crippen molar-refractivity contribution >= 4 is 24.0 Å². The summed E-state index contributed by atoms with van der Waals surface area (Å²) >= 11 is 0. The third-order valence-corrected chi connectivity index (χ3v) is 4.57. The SMILES string of the molecule is CCCC[C@H](CN(O)C=O)C(=O)N1CO[C@H](C)[C@H]1C(=O)Nc1ccc(F)cn1. The zero-order chi connectivity index (χ0) is 20.7. The van der Waals surface area contributed by atoms with Gasteiger partial charge in [-0.15, -0.1) is 0 Å². The molecule has 1 fully saturated rings. The zero-order valence-corrected chi connectivity index (χ0v) is 15.9. The standard InChI is InChI=1S/C18H25FN4O5/c1-3-4-5-13(9-22(27)10-24)18(26)23-11-28-12(2)16(23)17(25)21-15-7-6-14(19)8-20-15/h6-8,10,12-13,16,27H,3-5,9,11H2,1-2H3,(H,20,21,25)/t12-,13-,16+/m1/s1. The molecule has 3 atom stereocenters. The van der Waals surface area contributed by atoms with Crippen LogP contribution in [-0.2, 0) is 19.1 Å². The van der Waals surface area contributed by atoms with Crippen LogP contribution in [0.5, 0.6) is 0 Å². The number of hydroxylamine groups is 2. The molecule has 0 radical (unpaired) electrons. The van der Waals surface area contributed by atoms with Crippen molar-refractivity contribution < 1.29 is 28.7 Å². The van der Waals surface area contributed by atoms with Gasteiger partial charge in [-0.3, -0.25) is 19.6 Å². The summed E-state index contributed by atoms with van der Waals surface area (Å²) in [5.41, 5.74) is 0. The van der Waals surface area contributed by atoms with Crippen molar-refractivity contribution in [3.8, 4) is 0 Å². The molecule has 1 aliphatic heterocycles. The number of unbranched alkanes of at least 4 members (excludes halogenated alkanes) is 1. The lowest BCUT2D eigenvalue weighted by Gasteiger charge is -2.28. The first kappa shape index (κ1) is 21.7. The van der Waals surface area contributed by atoms with Crippen molar-refractivity contribution in [3.63, 3.8) is 0 Å². The number of halogens is 1. The zero-order valence-electron chi connectivity index (χ0n) is 15.9. The first-order valence-electron chi connectivity index (χ1n) is 9.12. The number of carbonyl (C=O) groups excluding carboxylic acids is 3. The molecule has 3 amide bonds. The minimum Gasteiger partial charge on any atom is -0.355 e. The monoisotopic (exact) mass is 396 g/mol. The molecule has 9 nitrogen and oxygen atoms in total. The number of rotatable bonds is 9. The molecule has 1 aromatic rings. The Morgan fingerprint density at radius 1 is 1.54 bits per heavy atom. The second-order valence-electron chi connectivity index (χ2n) is 6.67. The average Bonchev–Trinajstić information content (AvgIpc) is 3.07. The third-order valence-electron chi connectivity index (χ3n) is 4.57. The molecule has 10 heteroatoms. The minimum atomic E-state index is -0.910. The van der Waals surface area contributed by atoms with Gasteiger partial charge in [-0.25, -0.2) is 14.4 Å². The molecule has 0 spiro atoms. The molecule has 0 aliphatic carbocycles. The summed E-state index contributed by atoms with van der Waals surface area (Å²) in [5.74, 6) is -1.94. The molecular formula is C18H25FN4O5. The van der Waals surface area contributed by atoms with Crippen molar-refractivity contribution in [2.75, 3.05) is 18.6 Å². The predicted molar refractivity (Wildman–Crippen MR) is 96.4 cm³/mol. The number of ether oxygens (including phenoxy) is 1. The van der Waals surface area contributed by atoms with E-state index in [1.54, 1.807) is 6.92 Å². The van der Waals surface area contributed by atoms with E-state index in [9.17, 15) is 24.0 Å². The maximum Gasteiger partial charge on any atom is 0.251 e. The van der Waals surface area contributed by atoms with Gasteiger partial charge >= 0.3 is 0 Å². The number of hydrogen-bond acceptors (Lipinski definition) is 6. The van der Waals surface area contributed by atoms with E-state index in [0.717, 1.165) is 25.1 Å². The summed E-state index contributed by atoms with van der Waals surface area (Å²) < 4.78 is 18.5. The van der Waals surface area contributed by atoms with Crippen LogP contribution in [0.3, 0.4) is 0 Å². The van der Waals surface area contributed by atoms with Gasteiger partial charge in [0.2, 0.25) is 12.3 Å². The summed E-state index contributed by atoms with van der Waals surface area (Å²) in [7, 11) is 0. The Balaban J connectivity index is 2.13. The number of carbonyl (C=O) groups is 3. The summed E-state index contributed by atoms with van der Waals surface area (Å²) in [6, 6.07) is 1.57. The van der Waals surface area contributed by atoms with Gasteiger partial charge in [-0.05, 0) is 25.5 Å². The molecule has 0 saturated carbocycles. The van der Waals surface area contributed by atoms with Gasteiger partial charge in [0.15, 0.2) is 0 Å². The van der Waals surface area contributed by atoms with Gasteiger partial charge in [0.25, 0.3) is 5.91 Å². The smallest absolute Gasteiger partial charge is 0.251 e. The van der Waals surface area contributed by atoms with Crippen LogP contribution in [0.1, 0.15) is 33.1 Å². The van der Waals surface area contributed by atoms with Gasteiger partial charge in [0, 0.05) is 0 Å². The predicted octanol–water partition coefficient (Wildman–Crippen LogP) is 1.39. The van der Waals surface area contributed by atoms with E-state index in [1.165, 1.54) is 11.0 Å². The van der Waals surface area contributed by atoms with Crippen LogP contribution >= 0.6 is 0 Å². The van der Waals surface area contributed by atoms with Gasteiger partial charge in [-0.1, -0.05) is 19.8 Å². The van der Waals surface area contributed by atoms with Crippen LogP contribution in [0.2, 0.25) is 0 Å². The first-order chi connectivity index (χ1) is 13.4. The second-order valence-corrected chi connectivity index (χ2v) is 6.67. The number of amides is 3. The van der Waals surface area contributed by atoms with E-state index in [0.29, 0.717) is 11.5 Å². The molecule has 1 aliphatic rings. The van der Waals surface area contributed by atoms with E-state index in [4.69, 9.17) is 4.74 Å². The highest BCUT2D eigenvalue weighted by molar-refractivity contribution is 5.97. The van der Waals surface area contributed by atoms with Crippen LogP contribution in [0.25, 0.3) is 0 Å². The second kappa shape index (κ2) is 10.1. The molecule has 2 N–H and O–H groups in total. The Hall–Kier alpha value is -2.59. The Morgan fingerprint density at radius 3 is 2.89 bits per heavy atom. The summed E-state index contributed by atoms with van der Waals surface area (Å²) in [5, 5.41) is 12.5. The fourth-order valence-electron chi connectivity index (χ4n) is 3.07. The molecule has 1 saturated heterocycles. The normalized spacial score (nSPS) is 19.9. The van der Waals surface area contributed by atoms with Crippen LogP contribution < -0.4 is 5.32 Å². The topological polar surface area (TPSA) is 112 Å². The average molecular weight is 396 g/mol. The van der Waals surface area contributed by atoms with Crippen LogP contribution in [-0.4, -0.2) is 63.8 Å². The Bertz CT molecular complexity index is 687. The molecule has 0 unspecified atom stereocenters. The molecular weight excluding hydrogens is 371 g/mol. The van der Waals surface area contributed by atoms with E-state index >= 15 is 0 Å². The van der Waals surface area contributed by atoms with Crippen LogP contribution in [0.4, 0.5) is 10.2 Å². The maximum atomic E-state index is 13.0. The largest absolute Gasteiger partial charge is 0.355 e. The molecule has 28 heavy (non-hydrogen) atoms. The molecule has 0 aromatic carbocycles. The highest BCUT2D eigenvalue weighted by atomic mass is 19.1. The lowest BCUT2D eigenvalue weighted by Crippen LogP contribution is -2.50. The summed E-state index contributed by atoms with van der Waals surface area (Å²) in [6.45, 7) is 3.39. The number of nitrogens with zero attached hydrogens (tertiary/aromatic N) is 3. The van der Waals surface area contributed by atoms with Crippen LogP contribution in [0, 0.1) is 11.7 Å². The number of anilines is 1. The number of nitrogens with one attached hydrogen (secondary N) is 1. The number of hydrogen-bond donors (Lipinski definition) is 2. The molecule has 154 valence electrons. The van der Waals surface area contributed by atoms with Crippen molar-refractivity contribution in [2.45, 2.75) is 45.3 Å². The highest BCUT2D eigenvalue weighted by Gasteiger charge is 2.42. The van der Waals surface area contributed by atoms with Gasteiger partial charge in [0.1, 0.15) is 24.4 Å². The van der Waals surface area contributed by atoms with Crippen molar-refractivity contribution in [1.29, 1.82) is 0 Å². The fraction of sp³-hybridized carbons (Fsp3) is 0.556.